The van der Waals surface area contributed by atoms with Crippen molar-refractivity contribution in [1.82, 2.24) is 0 Å². The largest absolute Gasteiger partial charge is 0.389 e. The number of nitro groups is 1. The average Bonchev–Trinajstić information content (AvgIpc) is 2.43. The van der Waals surface area contributed by atoms with Crippen LogP contribution in [-0.2, 0) is 0 Å². The van der Waals surface area contributed by atoms with Crippen molar-refractivity contribution in [2.75, 3.05) is 5.32 Å². The van der Waals surface area contributed by atoms with Crippen molar-refractivity contribution in [3.8, 4) is 0 Å². The van der Waals surface area contributed by atoms with Crippen LogP contribution in [0.4, 0.5) is 17.1 Å². The van der Waals surface area contributed by atoms with Crippen LogP contribution in [0, 0.1) is 17.0 Å². The van der Waals surface area contributed by atoms with E-state index in [9.17, 15) is 15.2 Å². The minimum Gasteiger partial charge on any atom is -0.389 e. The summed E-state index contributed by atoms with van der Waals surface area (Å²) in [4.78, 5) is 10.6. The van der Waals surface area contributed by atoms with E-state index in [-0.39, 0.29) is 5.69 Å². The molecule has 0 saturated heterocycles. The highest BCUT2D eigenvalue weighted by atomic mass is 35.5. The molecule has 0 bridgehead atoms. The van der Waals surface area contributed by atoms with Gasteiger partial charge in [0.15, 0.2) is 0 Å². The summed E-state index contributed by atoms with van der Waals surface area (Å²) in [5.74, 6) is 0. The topological polar surface area (TPSA) is 75.4 Å². The van der Waals surface area contributed by atoms with Crippen molar-refractivity contribution in [3.05, 3.63) is 62.7 Å². The van der Waals surface area contributed by atoms with E-state index in [2.05, 4.69) is 5.32 Å². The Bertz CT molecular complexity index is 669. The van der Waals surface area contributed by atoms with Gasteiger partial charge in [0.05, 0.1) is 16.0 Å². The number of halogens is 1. The van der Waals surface area contributed by atoms with Gasteiger partial charge in [-0.1, -0.05) is 23.7 Å². The summed E-state index contributed by atoms with van der Waals surface area (Å²) >= 11 is 5.93. The van der Waals surface area contributed by atoms with Gasteiger partial charge >= 0.3 is 0 Å². The van der Waals surface area contributed by atoms with Crippen molar-refractivity contribution in [2.45, 2.75) is 20.0 Å². The Hall–Kier alpha value is -2.11. The summed E-state index contributed by atoms with van der Waals surface area (Å²) in [6.07, 6.45) is -0.550. The molecule has 0 amide bonds. The molecule has 2 aromatic carbocycles. The van der Waals surface area contributed by atoms with E-state index in [1.54, 1.807) is 44.2 Å². The maximum absolute atomic E-state index is 11.1. The van der Waals surface area contributed by atoms with Crippen molar-refractivity contribution >= 4 is 28.7 Å². The van der Waals surface area contributed by atoms with Crippen LogP contribution in [0.2, 0.25) is 5.02 Å². The maximum atomic E-state index is 11.1. The molecule has 0 radical (unpaired) electrons. The summed E-state index contributed by atoms with van der Waals surface area (Å²) < 4.78 is 0. The molecule has 6 heteroatoms. The average molecular weight is 307 g/mol. The number of aryl methyl sites for hydroxylation is 1. The van der Waals surface area contributed by atoms with Crippen LogP contribution in [0.15, 0.2) is 36.4 Å². The monoisotopic (exact) mass is 306 g/mol. The molecular formula is C15H15ClN2O3. The van der Waals surface area contributed by atoms with Gasteiger partial charge in [-0.15, -0.1) is 0 Å². The molecule has 0 aromatic heterocycles. The lowest BCUT2D eigenvalue weighted by molar-refractivity contribution is -0.383. The molecule has 2 aromatic rings. The van der Waals surface area contributed by atoms with E-state index in [1.165, 1.54) is 6.07 Å². The number of aliphatic hydroxyl groups is 1. The minimum absolute atomic E-state index is 0.0785. The zero-order valence-corrected chi connectivity index (χ0v) is 12.4. The molecule has 0 fully saturated rings. The molecule has 110 valence electrons. The zero-order chi connectivity index (χ0) is 15.6. The van der Waals surface area contributed by atoms with Crippen LogP contribution in [0.5, 0.6) is 0 Å². The number of hydrogen-bond donors (Lipinski definition) is 2. The predicted molar refractivity (Wildman–Crippen MR) is 83.2 cm³/mol. The first kappa shape index (κ1) is 15.3. The predicted octanol–water partition coefficient (Wildman–Crippen LogP) is 4.35. The Kier molecular flexibility index (Phi) is 4.45. The van der Waals surface area contributed by atoms with E-state index in [1.807, 2.05) is 0 Å². The molecule has 0 aliphatic heterocycles. The van der Waals surface area contributed by atoms with Crippen LogP contribution in [0.25, 0.3) is 0 Å². The molecule has 21 heavy (non-hydrogen) atoms. The van der Waals surface area contributed by atoms with Crippen LogP contribution in [0.3, 0.4) is 0 Å². The Balaban J connectivity index is 2.34. The van der Waals surface area contributed by atoms with Gasteiger partial charge in [0.2, 0.25) is 0 Å². The molecule has 2 rings (SSSR count). The van der Waals surface area contributed by atoms with E-state index in [0.29, 0.717) is 16.4 Å². The number of rotatable bonds is 4. The fourth-order valence-electron chi connectivity index (χ4n) is 1.92. The fourth-order valence-corrected chi connectivity index (χ4v) is 2.08. The van der Waals surface area contributed by atoms with Crippen LogP contribution >= 0.6 is 11.6 Å². The normalized spacial score (nSPS) is 12.0. The molecule has 0 aliphatic carbocycles. The second kappa shape index (κ2) is 6.11. The van der Waals surface area contributed by atoms with Crippen molar-refractivity contribution < 1.29 is 10.0 Å². The van der Waals surface area contributed by atoms with Crippen LogP contribution in [-0.4, -0.2) is 10.0 Å². The molecule has 1 unspecified atom stereocenters. The maximum Gasteiger partial charge on any atom is 0.294 e. The first-order valence-electron chi connectivity index (χ1n) is 6.38. The molecule has 0 spiro atoms. The summed E-state index contributed by atoms with van der Waals surface area (Å²) in [5.41, 5.74) is 2.54. The lowest BCUT2D eigenvalue weighted by Gasteiger charge is -2.10. The first-order valence-corrected chi connectivity index (χ1v) is 6.76. The lowest BCUT2D eigenvalue weighted by Crippen LogP contribution is -1.99. The van der Waals surface area contributed by atoms with Crippen LogP contribution < -0.4 is 5.32 Å². The summed E-state index contributed by atoms with van der Waals surface area (Å²) in [7, 11) is 0. The Morgan fingerprint density at radius 1 is 1.29 bits per heavy atom. The SMILES string of the molecule is Cc1cc(Nc2ccc(C(C)O)cc2)c([N+](=O)[O-])cc1Cl. The van der Waals surface area contributed by atoms with Gasteiger partial charge in [0.25, 0.3) is 5.69 Å². The van der Waals surface area contributed by atoms with Crippen molar-refractivity contribution in [3.63, 3.8) is 0 Å². The Morgan fingerprint density at radius 3 is 2.43 bits per heavy atom. The third kappa shape index (κ3) is 3.51. The van der Waals surface area contributed by atoms with E-state index < -0.39 is 11.0 Å². The molecule has 5 nitrogen and oxygen atoms in total. The summed E-state index contributed by atoms with van der Waals surface area (Å²) in [6.45, 7) is 3.46. The van der Waals surface area contributed by atoms with Crippen molar-refractivity contribution in [2.24, 2.45) is 0 Å². The summed E-state index contributed by atoms with van der Waals surface area (Å²) in [6, 6.07) is 10.0. The summed E-state index contributed by atoms with van der Waals surface area (Å²) in [5, 5.41) is 23.9. The van der Waals surface area contributed by atoms with E-state index in [4.69, 9.17) is 11.6 Å². The number of nitro benzene ring substituents is 1. The highest BCUT2D eigenvalue weighted by molar-refractivity contribution is 6.31. The Labute approximate surface area is 127 Å². The second-order valence-electron chi connectivity index (χ2n) is 4.80. The van der Waals surface area contributed by atoms with Gasteiger partial charge in [-0.2, -0.15) is 0 Å². The number of benzene rings is 2. The standard InChI is InChI=1S/C15H15ClN2O3/c1-9-7-14(15(18(20)21)8-13(9)16)17-12-5-3-11(4-6-12)10(2)19/h3-8,10,17,19H,1-2H3. The highest BCUT2D eigenvalue weighted by Crippen LogP contribution is 2.33. The van der Waals surface area contributed by atoms with Gasteiger partial charge in [0.1, 0.15) is 5.69 Å². The smallest absolute Gasteiger partial charge is 0.294 e. The molecule has 2 N–H and O–H groups in total. The minimum atomic E-state index is -0.550. The number of aliphatic hydroxyl groups excluding tert-OH is 1. The number of nitrogens with one attached hydrogen (secondary N) is 1. The third-order valence-electron chi connectivity index (χ3n) is 3.15. The molecule has 0 saturated carbocycles. The van der Waals surface area contributed by atoms with Crippen LogP contribution in [0.1, 0.15) is 24.2 Å². The molecule has 1 atom stereocenters. The fraction of sp³-hybridized carbons (Fsp3) is 0.200. The zero-order valence-electron chi connectivity index (χ0n) is 11.6. The number of nitrogens with zero attached hydrogens (tertiary/aromatic N) is 1. The van der Waals surface area contributed by atoms with Gasteiger partial charge < -0.3 is 10.4 Å². The molecule has 0 heterocycles. The number of anilines is 2. The number of hydrogen-bond acceptors (Lipinski definition) is 4. The van der Waals surface area contributed by atoms with Gasteiger partial charge in [-0.25, -0.2) is 0 Å². The molecule has 0 aliphatic rings. The van der Waals surface area contributed by atoms with Gasteiger partial charge in [0, 0.05) is 11.8 Å². The van der Waals surface area contributed by atoms with E-state index in [0.717, 1.165) is 11.1 Å². The molecular weight excluding hydrogens is 292 g/mol. The lowest BCUT2D eigenvalue weighted by atomic mass is 10.1. The van der Waals surface area contributed by atoms with E-state index >= 15 is 0 Å². The quantitative estimate of drug-likeness (QED) is 0.650. The van der Waals surface area contributed by atoms with Gasteiger partial charge in [-0.3, -0.25) is 10.1 Å². The second-order valence-corrected chi connectivity index (χ2v) is 5.21. The highest BCUT2D eigenvalue weighted by Gasteiger charge is 2.16. The van der Waals surface area contributed by atoms with Gasteiger partial charge in [-0.05, 0) is 43.2 Å². The van der Waals surface area contributed by atoms with Crippen molar-refractivity contribution in [1.29, 1.82) is 0 Å². The first-order chi connectivity index (χ1) is 9.88. The third-order valence-corrected chi connectivity index (χ3v) is 3.55. The Morgan fingerprint density at radius 2 is 1.90 bits per heavy atom.